The van der Waals surface area contributed by atoms with Gasteiger partial charge in [-0.25, -0.2) is 0 Å². The number of hydrogen-bond donors (Lipinski definition) is 1. The summed E-state index contributed by atoms with van der Waals surface area (Å²) in [6.07, 6.45) is 1.14. The SMILES string of the molecule is CCOc1nc(N)nc(N2CCCSCC2)n1. The number of aromatic nitrogens is 3. The van der Waals surface area contributed by atoms with Crippen molar-refractivity contribution in [3.05, 3.63) is 0 Å². The number of anilines is 2. The Balaban J connectivity index is 2.17. The predicted octanol–water partition coefficient (Wildman–Crippen LogP) is 0.796. The first-order valence-electron chi connectivity index (χ1n) is 5.76. The lowest BCUT2D eigenvalue weighted by atomic mass is 10.4. The van der Waals surface area contributed by atoms with Gasteiger partial charge in [-0.15, -0.1) is 0 Å². The summed E-state index contributed by atoms with van der Waals surface area (Å²) in [5, 5.41) is 0. The van der Waals surface area contributed by atoms with Crippen LogP contribution in [0, 0.1) is 0 Å². The Morgan fingerprint density at radius 1 is 1.29 bits per heavy atom. The molecular weight excluding hydrogens is 238 g/mol. The van der Waals surface area contributed by atoms with Crippen LogP contribution in [-0.4, -0.2) is 46.2 Å². The molecule has 0 bridgehead atoms. The highest BCUT2D eigenvalue weighted by Gasteiger charge is 2.15. The molecule has 0 spiro atoms. The van der Waals surface area contributed by atoms with Crippen LogP contribution in [0.25, 0.3) is 0 Å². The molecule has 0 radical (unpaired) electrons. The number of nitrogens with two attached hydrogens (primary N) is 1. The molecule has 2 N–H and O–H groups in total. The van der Waals surface area contributed by atoms with E-state index in [2.05, 4.69) is 19.9 Å². The van der Waals surface area contributed by atoms with Crippen molar-refractivity contribution < 1.29 is 4.74 Å². The maximum absolute atomic E-state index is 5.66. The summed E-state index contributed by atoms with van der Waals surface area (Å²) in [5.41, 5.74) is 5.66. The third kappa shape index (κ3) is 3.36. The predicted molar refractivity (Wildman–Crippen MR) is 69.6 cm³/mol. The molecule has 1 aliphatic rings. The third-order valence-electron chi connectivity index (χ3n) is 2.40. The van der Waals surface area contributed by atoms with Gasteiger partial charge in [0.2, 0.25) is 11.9 Å². The minimum absolute atomic E-state index is 0.218. The molecule has 0 atom stereocenters. The van der Waals surface area contributed by atoms with Crippen LogP contribution in [0.1, 0.15) is 13.3 Å². The van der Waals surface area contributed by atoms with Crippen molar-refractivity contribution in [3.8, 4) is 6.01 Å². The number of rotatable bonds is 3. The van der Waals surface area contributed by atoms with Crippen LogP contribution >= 0.6 is 11.8 Å². The van der Waals surface area contributed by atoms with Crippen LogP contribution < -0.4 is 15.4 Å². The Hall–Kier alpha value is -1.24. The van der Waals surface area contributed by atoms with Gasteiger partial charge < -0.3 is 15.4 Å². The summed E-state index contributed by atoms with van der Waals surface area (Å²) in [4.78, 5) is 14.5. The minimum atomic E-state index is 0.218. The van der Waals surface area contributed by atoms with E-state index >= 15 is 0 Å². The summed E-state index contributed by atoms with van der Waals surface area (Å²) in [6, 6.07) is 0.312. The fourth-order valence-corrected chi connectivity index (χ4v) is 2.53. The molecule has 2 rings (SSSR count). The molecule has 17 heavy (non-hydrogen) atoms. The van der Waals surface area contributed by atoms with E-state index in [4.69, 9.17) is 10.5 Å². The van der Waals surface area contributed by atoms with Crippen molar-refractivity contribution >= 4 is 23.7 Å². The van der Waals surface area contributed by atoms with Gasteiger partial charge in [-0.3, -0.25) is 0 Å². The molecule has 0 aliphatic carbocycles. The van der Waals surface area contributed by atoms with Gasteiger partial charge in [-0.1, -0.05) is 0 Å². The van der Waals surface area contributed by atoms with E-state index in [0.717, 1.165) is 25.3 Å². The normalized spacial score (nSPS) is 16.6. The number of nitrogen functional groups attached to an aromatic ring is 1. The van der Waals surface area contributed by atoms with Crippen LogP contribution in [0.5, 0.6) is 6.01 Å². The van der Waals surface area contributed by atoms with Crippen LogP contribution in [-0.2, 0) is 0 Å². The Labute approximate surface area is 105 Å². The van der Waals surface area contributed by atoms with E-state index in [1.807, 2.05) is 18.7 Å². The molecule has 1 fully saturated rings. The van der Waals surface area contributed by atoms with E-state index in [1.165, 1.54) is 5.75 Å². The maximum atomic E-state index is 5.66. The Kier molecular flexibility index (Phi) is 4.24. The molecule has 6 nitrogen and oxygen atoms in total. The molecule has 1 aliphatic heterocycles. The van der Waals surface area contributed by atoms with Gasteiger partial charge in [0, 0.05) is 18.8 Å². The van der Waals surface area contributed by atoms with Crippen molar-refractivity contribution in [2.45, 2.75) is 13.3 Å². The van der Waals surface area contributed by atoms with E-state index in [0.29, 0.717) is 18.6 Å². The molecule has 0 amide bonds. The first-order chi connectivity index (χ1) is 8.29. The zero-order valence-corrected chi connectivity index (χ0v) is 10.7. The first kappa shape index (κ1) is 12.2. The fraction of sp³-hybridized carbons (Fsp3) is 0.700. The van der Waals surface area contributed by atoms with E-state index in [-0.39, 0.29) is 5.95 Å². The number of thioether (sulfide) groups is 1. The second kappa shape index (κ2) is 5.90. The second-order valence-electron chi connectivity index (χ2n) is 3.66. The summed E-state index contributed by atoms with van der Waals surface area (Å²) >= 11 is 1.96. The van der Waals surface area contributed by atoms with Crippen LogP contribution in [0.15, 0.2) is 0 Å². The van der Waals surface area contributed by atoms with Crippen molar-refractivity contribution in [2.24, 2.45) is 0 Å². The van der Waals surface area contributed by atoms with Crippen molar-refractivity contribution in [1.82, 2.24) is 15.0 Å². The molecule has 94 valence electrons. The summed E-state index contributed by atoms with van der Waals surface area (Å²) < 4.78 is 5.28. The minimum Gasteiger partial charge on any atom is -0.464 e. The van der Waals surface area contributed by atoms with Gasteiger partial charge in [0.25, 0.3) is 0 Å². The number of hydrogen-bond acceptors (Lipinski definition) is 7. The lowest BCUT2D eigenvalue weighted by molar-refractivity contribution is 0.312. The topological polar surface area (TPSA) is 77.2 Å². The molecule has 1 saturated heterocycles. The summed E-state index contributed by atoms with van der Waals surface area (Å²) in [7, 11) is 0. The van der Waals surface area contributed by atoms with E-state index in [1.54, 1.807) is 0 Å². The Morgan fingerprint density at radius 3 is 3.00 bits per heavy atom. The zero-order valence-electron chi connectivity index (χ0n) is 9.93. The van der Waals surface area contributed by atoms with Gasteiger partial charge in [-0.2, -0.15) is 26.7 Å². The van der Waals surface area contributed by atoms with Crippen LogP contribution in [0.4, 0.5) is 11.9 Å². The first-order valence-corrected chi connectivity index (χ1v) is 6.92. The molecule has 0 saturated carbocycles. The summed E-state index contributed by atoms with van der Waals surface area (Å²) in [5.74, 6) is 3.13. The monoisotopic (exact) mass is 255 g/mol. The highest BCUT2D eigenvalue weighted by molar-refractivity contribution is 7.99. The Bertz CT molecular complexity index is 368. The lowest BCUT2D eigenvalue weighted by Crippen LogP contribution is -2.28. The second-order valence-corrected chi connectivity index (χ2v) is 4.89. The van der Waals surface area contributed by atoms with Gasteiger partial charge in [0.1, 0.15) is 0 Å². The molecule has 0 aromatic carbocycles. The highest BCUT2D eigenvalue weighted by Crippen LogP contribution is 2.17. The quantitative estimate of drug-likeness (QED) is 0.855. The maximum Gasteiger partial charge on any atom is 0.323 e. The largest absolute Gasteiger partial charge is 0.464 e. The molecule has 2 heterocycles. The molecular formula is C10H17N5OS. The van der Waals surface area contributed by atoms with Gasteiger partial charge in [0.15, 0.2) is 0 Å². The van der Waals surface area contributed by atoms with Crippen molar-refractivity contribution in [2.75, 3.05) is 41.8 Å². The van der Waals surface area contributed by atoms with Crippen LogP contribution in [0.3, 0.4) is 0 Å². The van der Waals surface area contributed by atoms with Crippen molar-refractivity contribution in [3.63, 3.8) is 0 Å². The molecule has 7 heteroatoms. The van der Waals surface area contributed by atoms with Gasteiger partial charge in [-0.05, 0) is 19.1 Å². The average Bonchev–Trinajstić information content (AvgIpc) is 2.57. The standard InChI is InChI=1S/C10H17N5OS/c1-2-16-10-13-8(11)12-9(14-10)15-4-3-6-17-7-5-15/h2-7H2,1H3,(H2,11,12,13,14). The zero-order chi connectivity index (χ0) is 12.1. The van der Waals surface area contributed by atoms with Crippen LogP contribution in [0.2, 0.25) is 0 Å². The number of nitrogens with zero attached hydrogens (tertiary/aromatic N) is 4. The average molecular weight is 255 g/mol. The van der Waals surface area contributed by atoms with Crippen molar-refractivity contribution in [1.29, 1.82) is 0 Å². The molecule has 1 aromatic rings. The lowest BCUT2D eigenvalue weighted by Gasteiger charge is -2.19. The Morgan fingerprint density at radius 2 is 2.18 bits per heavy atom. The summed E-state index contributed by atoms with van der Waals surface area (Å²) in [6.45, 7) is 4.32. The smallest absolute Gasteiger partial charge is 0.323 e. The fourth-order valence-electron chi connectivity index (χ4n) is 1.64. The van der Waals surface area contributed by atoms with E-state index in [9.17, 15) is 0 Å². The highest BCUT2D eigenvalue weighted by atomic mass is 32.2. The molecule has 0 unspecified atom stereocenters. The third-order valence-corrected chi connectivity index (χ3v) is 3.45. The van der Waals surface area contributed by atoms with Gasteiger partial charge in [0.05, 0.1) is 6.61 Å². The number of ether oxygens (including phenoxy) is 1. The van der Waals surface area contributed by atoms with Gasteiger partial charge >= 0.3 is 6.01 Å². The molecule has 1 aromatic heterocycles. The van der Waals surface area contributed by atoms with E-state index < -0.39 is 0 Å².